The fourth-order valence-corrected chi connectivity index (χ4v) is 2.83. The molecule has 138 valence electrons. The summed E-state index contributed by atoms with van der Waals surface area (Å²) in [5, 5.41) is 20.9. The summed E-state index contributed by atoms with van der Waals surface area (Å²) in [6.45, 7) is 1.97. The van der Waals surface area contributed by atoms with Crippen molar-refractivity contribution in [1.29, 1.82) is 0 Å². The third kappa shape index (κ3) is 3.64. The van der Waals surface area contributed by atoms with Crippen molar-refractivity contribution in [3.63, 3.8) is 0 Å². The Kier molecular flexibility index (Phi) is 4.89. The number of hydrogen-bond donors (Lipinski definition) is 3. The van der Waals surface area contributed by atoms with Crippen molar-refractivity contribution in [2.24, 2.45) is 0 Å². The van der Waals surface area contributed by atoms with E-state index in [1.807, 2.05) is 13.0 Å². The summed E-state index contributed by atoms with van der Waals surface area (Å²) in [5.74, 6) is -3.05. The zero-order chi connectivity index (χ0) is 19.6. The van der Waals surface area contributed by atoms with Crippen molar-refractivity contribution in [1.82, 2.24) is 9.38 Å². The lowest BCUT2D eigenvalue weighted by Gasteiger charge is -2.09. The summed E-state index contributed by atoms with van der Waals surface area (Å²) in [6.07, 6.45) is 3.11. The zero-order valence-corrected chi connectivity index (χ0v) is 14.5. The average Bonchev–Trinajstić information content (AvgIpc) is 2.99. The van der Waals surface area contributed by atoms with E-state index in [4.69, 9.17) is 10.2 Å². The number of nitrogens with zero attached hydrogens (tertiary/aromatic N) is 2. The van der Waals surface area contributed by atoms with Crippen molar-refractivity contribution in [3.05, 3.63) is 65.1 Å². The monoisotopic (exact) mass is 367 g/mol. The molecule has 1 aromatic carbocycles. The Morgan fingerprint density at radius 3 is 2.33 bits per heavy atom. The van der Waals surface area contributed by atoms with Crippen LogP contribution in [0.1, 0.15) is 50.2 Å². The van der Waals surface area contributed by atoms with Gasteiger partial charge < -0.3 is 15.5 Å². The smallest absolute Gasteiger partial charge is 0.335 e. The predicted octanol–water partition coefficient (Wildman–Crippen LogP) is 2.94. The Hall–Kier alpha value is -3.68. The number of amides is 1. The maximum absolute atomic E-state index is 12.9. The van der Waals surface area contributed by atoms with Crippen LogP contribution in [0.5, 0.6) is 0 Å². The Morgan fingerprint density at radius 1 is 1.07 bits per heavy atom. The fraction of sp³-hybridized carbons (Fsp3) is 0.158. The summed E-state index contributed by atoms with van der Waals surface area (Å²) < 4.78 is 1.65. The molecule has 0 spiro atoms. The number of carbonyl (C=O) groups is 3. The predicted molar refractivity (Wildman–Crippen MR) is 97.5 cm³/mol. The van der Waals surface area contributed by atoms with E-state index in [0.29, 0.717) is 23.5 Å². The van der Waals surface area contributed by atoms with Crippen LogP contribution in [-0.4, -0.2) is 37.4 Å². The molecule has 0 aliphatic carbocycles. The molecule has 27 heavy (non-hydrogen) atoms. The minimum absolute atomic E-state index is 0.0885. The molecular formula is C19H17N3O5. The van der Waals surface area contributed by atoms with Crippen LogP contribution in [0.2, 0.25) is 0 Å². The number of aromatic nitrogens is 2. The van der Waals surface area contributed by atoms with Gasteiger partial charge in [-0.1, -0.05) is 19.4 Å². The van der Waals surface area contributed by atoms with Crippen molar-refractivity contribution >= 4 is 29.2 Å². The first-order valence-electron chi connectivity index (χ1n) is 8.29. The Morgan fingerprint density at radius 2 is 1.74 bits per heavy atom. The molecule has 0 bridgehead atoms. The van der Waals surface area contributed by atoms with Gasteiger partial charge in [-0.2, -0.15) is 0 Å². The lowest BCUT2D eigenvalue weighted by molar-refractivity contribution is 0.0696. The fourth-order valence-electron chi connectivity index (χ4n) is 2.83. The van der Waals surface area contributed by atoms with E-state index in [1.54, 1.807) is 22.7 Å². The number of fused-ring (bicyclic) bond motifs is 1. The molecular weight excluding hydrogens is 350 g/mol. The first-order valence-corrected chi connectivity index (χ1v) is 8.29. The van der Waals surface area contributed by atoms with Gasteiger partial charge in [0.15, 0.2) is 0 Å². The van der Waals surface area contributed by atoms with Crippen LogP contribution in [0.25, 0.3) is 5.65 Å². The second-order valence-corrected chi connectivity index (χ2v) is 5.95. The number of benzene rings is 1. The molecule has 3 aromatic rings. The molecule has 0 radical (unpaired) electrons. The maximum atomic E-state index is 12.9. The Balaban J connectivity index is 2.03. The van der Waals surface area contributed by atoms with Crippen LogP contribution in [0.4, 0.5) is 5.69 Å². The molecule has 0 atom stereocenters. The van der Waals surface area contributed by atoms with Gasteiger partial charge in [0.25, 0.3) is 5.91 Å². The van der Waals surface area contributed by atoms with E-state index in [0.717, 1.165) is 12.5 Å². The van der Waals surface area contributed by atoms with Crippen LogP contribution < -0.4 is 5.32 Å². The van der Waals surface area contributed by atoms with Gasteiger partial charge >= 0.3 is 11.9 Å². The van der Waals surface area contributed by atoms with Gasteiger partial charge in [0, 0.05) is 11.9 Å². The average molecular weight is 367 g/mol. The number of carbonyl (C=O) groups excluding carboxylic acids is 1. The number of hydrogen-bond acceptors (Lipinski definition) is 4. The number of rotatable bonds is 6. The van der Waals surface area contributed by atoms with E-state index in [1.165, 1.54) is 12.1 Å². The maximum Gasteiger partial charge on any atom is 0.335 e. The molecule has 0 saturated heterocycles. The van der Waals surface area contributed by atoms with Crippen LogP contribution in [0.3, 0.4) is 0 Å². The molecule has 8 heteroatoms. The van der Waals surface area contributed by atoms with Crippen LogP contribution in [0, 0.1) is 0 Å². The van der Waals surface area contributed by atoms with Gasteiger partial charge in [-0.25, -0.2) is 14.6 Å². The molecule has 1 amide bonds. The number of carboxylic acids is 2. The van der Waals surface area contributed by atoms with Gasteiger partial charge in [0.1, 0.15) is 11.3 Å². The SMILES string of the molecule is CCCc1nc2ccccn2c1C(=O)Nc1cc(C(=O)O)cc(C(=O)O)c1. The normalized spacial score (nSPS) is 10.7. The van der Waals surface area contributed by atoms with Crippen LogP contribution >= 0.6 is 0 Å². The number of carboxylic acid groups (broad SMARTS) is 2. The first kappa shape index (κ1) is 18.1. The highest BCUT2D eigenvalue weighted by atomic mass is 16.4. The molecule has 0 aliphatic rings. The molecule has 0 aliphatic heterocycles. The molecule has 2 aromatic heterocycles. The highest BCUT2D eigenvalue weighted by Crippen LogP contribution is 2.19. The van der Waals surface area contributed by atoms with Crippen molar-refractivity contribution in [2.75, 3.05) is 5.32 Å². The molecule has 3 N–H and O–H groups in total. The van der Waals surface area contributed by atoms with Crippen LogP contribution in [0.15, 0.2) is 42.6 Å². The molecule has 2 heterocycles. The van der Waals surface area contributed by atoms with Crippen molar-refractivity contribution in [2.45, 2.75) is 19.8 Å². The number of imidazole rings is 1. The standard InChI is InChI=1S/C19H17N3O5/c1-2-5-14-16(22-7-4-3-6-15(22)21-14)17(23)20-13-9-11(18(24)25)8-12(10-13)19(26)27/h3-4,6-10H,2,5H2,1H3,(H,20,23)(H,24,25)(H,26,27). The largest absolute Gasteiger partial charge is 0.478 e. The van der Waals surface area contributed by atoms with E-state index >= 15 is 0 Å². The highest BCUT2D eigenvalue weighted by molar-refractivity contribution is 6.06. The van der Waals surface area contributed by atoms with E-state index in [2.05, 4.69) is 10.3 Å². The summed E-state index contributed by atoms with van der Waals surface area (Å²) >= 11 is 0. The van der Waals surface area contributed by atoms with E-state index < -0.39 is 17.8 Å². The minimum atomic E-state index is -1.28. The minimum Gasteiger partial charge on any atom is -0.478 e. The van der Waals surface area contributed by atoms with Crippen LogP contribution in [-0.2, 0) is 6.42 Å². The Bertz CT molecular complexity index is 1020. The summed E-state index contributed by atoms with van der Waals surface area (Å²) in [6, 6.07) is 8.84. The van der Waals surface area contributed by atoms with Gasteiger partial charge in [0.2, 0.25) is 0 Å². The van der Waals surface area contributed by atoms with E-state index in [-0.39, 0.29) is 16.8 Å². The third-order valence-corrected chi connectivity index (χ3v) is 3.99. The number of aromatic carboxylic acids is 2. The number of pyridine rings is 1. The molecule has 0 unspecified atom stereocenters. The molecule has 8 nitrogen and oxygen atoms in total. The van der Waals surface area contributed by atoms with Gasteiger partial charge in [-0.15, -0.1) is 0 Å². The first-order chi connectivity index (χ1) is 12.9. The molecule has 0 fully saturated rings. The van der Waals surface area contributed by atoms with Gasteiger partial charge in [-0.3, -0.25) is 9.20 Å². The molecule has 3 rings (SSSR count). The van der Waals surface area contributed by atoms with E-state index in [9.17, 15) is 14.4 Å². The Labute approximate surface area is 154 Å². The zero-order valence-electron chi connectivity index (χ0n) is 14.5. The summed E-state index contributed by atoms with van der Waals surface area (Å²) in [7, 11) is 0. The second-order valence-electron chi connectivity index (χ2n) is 5.95. The lowest BCUT2D eigenvalue weighted by Crippen LogP contribution is -2.17. The second kappa shape index (κ2) is 7.28. The lowest BCUT2D eigenvalue weighted by atomic mass is 10.1. The van der Waals surface area contributed by atoms with Gasteiger partial charge in [0.05, 0.1) is 16.8 Å². The number of nitrogens with one attached hydrogen (secondary N) is 1. The van der Waals surface area contributed by atoms with Gasteiger partial charge in [-0.05, 0) is 36.8 Å². The van der Waals surface area contributed by atoms with Crippen molar-refractivity contribution in [3.8, 4) is 0 Å². The number of aryl methyl sites for hydroxylation is 1. The highest BCUT2D eigenvalue weighted by Gasteiger charge is 2.20. The quantitative estimate of drug-likeness (QED) is 0.616. The van der Waals surface area contributed by atoms with Crippen molar-refractivity contribution < 1.29 is 24.6 Å². The summed E-state index contributed by atoms with van der Waals surface area (Å²) in [5.41, 5.74) is 1.22. The molecule has 0 saturated carbocycles. The third-order valence-electron chi connectivity index (χ3n) is 3.99. The number of anilines is 1. The summed E-state index contributed by atoms with van der Waals surface area (Å²) in [4.78, 5) is 39.8. The topological polar surface area (TPSA) is 121 Å².